The fourth-order valence-corrected chi connectivity index (χ4v) is 5.06. The first-order valence-electron chi connectivity index (χ1n) is 9.62. The van der Waals surface area contributed by atoms with Crippen molar-refractivity contribution >= 4 is 0 Å². The van der Waals surface area contributed by atoms with Crippen LogP contribution in [0.25, 0.3) is 0 Å². The number of rotatable bonds is 3. The summed E-state index contributed by atoms with van der Waals surface area (Å²) in [7, 11) is 0. The van der Waals surface area contributed by atoms with Crippen LogP contribution >= 0.6 is 0 Å². The number of hydrogen-bond donors (Lipinski definition) is 1. The predicted molar refractivity (Wildman–Crippen MR) is 104 cm³/mol. The second-order valence-corrected chi connectivity index (χ2v) is 8.04. The maximum absolute atomic E-state index is 11.7. The van der Waals surface area contributed by atoms with Crippen LogP contribution in [0.5, 0.6) is 0 Å². The molecule has 2 fully saturated rings. The SMILES string of the molecule is Cc1cc(C#N)cc(C)c1C1(O)CC2COCC(C1)N2Cc1ccccc1. The van der Waals surface area contributed by atoms with Gasteiger partial charge in [0, 0.05) is 18.6 Å². The van der Waals surface area contributed by atoms with Gasteiger partial charge in [0.15, 0.2) is 0 Å². The summed E-state index contributed by atoms with van der Waals surface area (Å²) in [4.78, 5) is 2.50. The summed E-state index contributed by atoms with van der Waals surface area (Å²) in [5.74, 6) is 0. The quantitative estimate of drug-likeness (QED) is 0.909. The van der Waals surface area contributed by atoms with E-state index < -0.39 is 5.60 Å². The predicted octanol–water partition coefficient (Wildman–Crippen LogP) is 3.43. The number of aryl methyl sites for hydroxylation is 2. The van der Waals surface area contributed by atoms with Crippen LogP contribution in [0.3, 0.4) is 0 Å². The Labute approximate surface area is 161 Å². The van der Waals surface area contributed by atoms with E-state index in [1.165, 1.54) is 5.56 Å². The van der Waals surface area contributed by atoms with Crippen LogP contribution < -0.4 is 0 Å². The lowest BCUT2D eigenvalue weighted by atomic mass is 9.73. The fraction of sp³-hybridized carbons (Fsp3) is 0.435. The summed E-state index contributed by atoms with van der Waals surface area (Å²) >= 11 is 0. The van der Waals surface area contributed by atoms with Crippen molar-refractivity contribution in [2.24, 2.45) is 0 Å². The first kappa shape index (κ1) is 18.2. The van der Waals surface area contributed by atoms with Crippen molar-refractivity contribution in [3.05, 3.63) is 70.3 Å². The zero-order chi connectivity index (χ0) is 19.0. The van der Waals surface area contributed by atoms with Gasteiger partial charge in [-0.1, -0.05) is 30.3 Å². The van der Waals surface area contributed by atoms with E-state index in [1.807, 2.05) is 32.0 Å². The molecule has 4 rings (SSSR count). The first-order chi connectivity index (χ1) is 13.0. The van der Waals surface area contributed by atoms with Crippen LogP contribution in [-0.4, -0.2) is 35.3 Å². The third-order valence-corrected chi connectivity index (χ3v) is 6.04. The molecule has 2 bridgehead atoms. The van der Waals surface area contributed by atoms with Crippen LogP contribution in [-0.2, 0) is 16.9 Å². The van der Waals surface area contributed by atoms with E-state index in [2.05, 4.69) is 35.2 Å². The average molecular weight is 362 g/mol. The molecule has 27 heavy (non-hydrogen) atoms. The zero-order valence-corrected chi connectivity index (χ0v) is 16.0. The molecular formula is C23H26N2O2. The van der Waals surface area contributed by atoms with Gasteiger partial charge in [-0.2, -0.15) is 5.26 Å². The molecule has 0 amide bonds. The van der Waals surface area contributed by atoms with Crippen molar-refractivity contribution in [1.29, 1.82) is 5.26 Å². The fourth-order valence-electron chi connectivity index (χ4n) is 5.06. The summed E-state index contributed by atoms with van der Waals surface area (Å²) < 4.78 is 5.83. The van der Waals surface area contributed by atoms with Crippen LogP contribution in [0.2, 0.25) is 0 Å². The summed E-state index contributed by atoms with van der Waals surface area (Å²) in [5.41, 5.74) is 4.09. The second-order valence-electron chi connectivity index (χ2n) is 8.04. The summed E-state index contributed by atoms with van der Waals surface area (Å²) in [6.07, 6.45) is 1.31. The lowest BCUT2D eigenvalue weighted by molar-refractivity contribution is -0.149. The Morgan fingerprint density at radius 1 is 1.11 bits per heavy atom. The molecule has 0 saturated carbocycles. The molecule has 0 spiro atoms. The van der Waals surface area contributed by atoms with Gasteiger partial charge in [0.1, 0.15) is 0 Å². The number of aliphatic hydroxyl groups is 1. The Morgan fingerprint density at radius 3 is 2.26 bits per heavy atom. The number of piperidine rings is 1. The smallest absolute Gasteiger partial charge is 0.0991 e. The summed E-state index contributed by atoms with van der Waals surface area (Å²) in [5, 5.41) is 20.9. The van der Waals surface area contributed by atoms with Gasteiger partial charge in [-0.05, 0) is 61.1 Å². The third-order valence-electron chi connectivity index (χ3n) is 6.04. The number of nitrogens with zero attached hydrogens (tertiary/aromatic N) is 2. The molecule has 4 heteroatoms. The molecule has 2 saturated heterocycles. The highest BCUT2D eigenvalue weighted by molar-refractivity contribution is 5.46. The van der Waals surface area contributed by atoms with E-state index in [0.717, 1.165) is 23.2 Å². The monoisotopic (exact) mass is 362 g/mol. The van der Waals surface area contributed by atoms with E-state index in [0.29, 0.717) is 31.6 Å². The van der Waals surface area contributed by atoms with Crippen molar-refractivity contribution in [2.75, 3.05) is 13.2 Å². The molecule has 2 unspecified atom stereocenters. The number of hydrogen-bond acceptors (Lipinski definition) is 4. The van der Waals surface area contributed by atoms with E-state index in [9.17, 15) is 10.4 Å². The largest absolute Gasteiger partial charge is 0.385 e. The Balaban J connectivity index is 1.64. The maximum atomic E-state index is 11.7. The van der Waals surface area contributed by atoms with Crippen molar-refractivity contribution in [2.45, 2.75) is 50.9 Å². The molecular weight excluding hydrogens is 336 g/mol. The van der Waals surface area contributed by atoms with Gasteiger partial charge in [0.25, 0.3) is 0 Å². The normalized spacial score (nSPS) is 27.9. The number of benzene rings is 2. The molecule has 1 N–H and O–H groups in total. The minimum Gasteiger partial charge on any atom is -0.385 e. The minimum atomic E-state index is -0.867. The highest BCUT2D eigenvalue weighted by Crippen LogP contribution is 2.44. The molecule has 0 aliphatic carbocycles. The highest BCUT2D eigenvalue weighted by atomic mass is 16.5. The average Bonchev–Trinajstić information content (AvgIpc) is 2.63. The standard InChI is InChI=1S/C23H26N2O2/c1-16-8-19(12-24)9-17(2)22(16)23(26)10-20-14-27-15-21(11-23)25(20)13-18-6-4-3-5-7-18/h3-9,20-21,26H,10-11,13-15H2,1-2H3. The Hall–Kier alpha value is -2.19. The Kier molecular flexibility index (Phi) is 4.77. The van der Waals surface area contributed by atoms with E-state index >= 15 is 0 Å². The van der Waals surface area contributed by atoms with Crippen molar-refractivity contribution in [3.63, 3.8) is 0 Å². The molecule has 2 aliphatic rings. The van der Waals surface area contributed by atoms with Gasteiger partial charge in [-0.3, -0.25) is 4.90 Å². The Morgan fingerprint density at radius 2 is 1.70 bits per heavy atom. The topological polar surface area (TPSA) is 56.5 Å². The molecule has 0 aromatic heterocycles. The molecule has 0 radical (unpaired) electrons. The zero-order valence-electron chi connectivity index (χ0n) is 16.0. The van der Waals surface area contributed by atoms with E-state index in [4.69, 9.17) is 4.74 Å². The van der Waals surface area contributed by atoms with Crippen molar-refractivity contribution in [1.82, 2.24) is 4.90 Å². The molecule has 2 aliphatic heterocycles. The number of morpholine rings is 1. The van der Waals surface area contributed by atoms with Gasteiger partial charge in [0.05, 0.1) is 30.4 Å². The van der Waals surface area contributed by atoms with Gasteiger partial charge >= 0.3 is 0 Å². The third kappa shape index (κ3) is 3.39. The van der Waals surface area contributed by atoms with Crippen LogP contribution in [0.15, 0.2) is 42.5 Å². The van der Waals surface area contributed by atoms with Crippen LogP contribution in [0.1, 0.15) is 40.7 Å². The van der Waals surface area contributed by atoms with Crippen LogP contribution in [0, 0.1) is 25.2 Å². The molecule has 2 heterocycles. The van der Waals surface area contributed by atoms with Gasteiger partial charge in [-0.25, -0.2) is 0 Å². The maximum Gasteiger partial charge on any atom is 0.0991 e. The van der Waals surface area contributed by atoms with Gasteiger partial charge in [0.2, 0.25) is 0 Å². The van der Waals surface area contributed by atoms with Crippen molar-refractivity contribution in [3.8, 4) is 6.07 Å². The van der Waals surface area contributed by atoms with Crippen molar-refractivity contribution < 1.29 is 9.84 Å². The number of fused-ring (bicyclic) bond motifs is 2. The molecule has 4 nitrogen and oxygen atoms in total. The molecule has 2 aromatic rings. The number of ether oxygens (including phenoxy) is 1. The van der Waals surface area contributed by atoms with Gasteiger partial charge in [-0.15, -0.1) is 0 Å². The second kappa shape index (κ2) is 7.09. The van der Waals surface area contributed by atoms with Crippen LogP contribution in [0.4, 0.5) is 0 Å². The van der Waals surface area contributed by atoms with Gasteiger partial charge < -0.3 is 9.84 Å². The summed E-state index contributed by atoms with van der Waals surface area (Å²) in [6, 6.07) is 16.9. The lowest BCUT2D eigenvalue weighted by Crippen LogP contribution is -2.60. The molecule has 2 atom stereocenters. The number of nitriles is 1. The molecule has 2 aromatic carbocycles. The minimum absolute atomic E-state index is 0.192. The van der Waals surface area contributed by atoms with E-state index in [-0.39, 0.29) is 12.1 Å². The Bertz CT molecular complexity index is 835. The van der Waals surface area contributed by atoms with E-state index in [1.54, 1.807) is 0 Å². The summed E-state index contributed by atoms with van der Waals surface area (Å²) in [6.45, 7) is 6.20. The first-order valence-corrected chi connectivity index (χ1v) is 9.62. The highest BCUT2D eigenvalue weighted by Gasteiger charge is 2.47. The molecule has 140 valence electrons. The lowest BCUT2D eigenvalue weighted by Gasteiger charge is -2.52.